The molecule has 1 N–H and O–H groups in total. The Bertz CT molecular complexity index is 692. The van der Waals surface area contributed by atoms with Crippen molar-refractivity contribution in [2.75, 3.05) is 25.0 Å². The fourth-order valence-electron chi connectivity index (χ4n) is 2.85. The van der Waals surface area contributed by atoms with Gasteiger partial charge in [-0.15, -0.1) is 0 Å². The summed E-state index contributed by atoms with van der Waals surface area (Å²) in [6.07, 6.45) is 1.46. The molecule has 1 saturated heterocycles. The van der Waals surface area contributed by atoms with Crippen LogP contribution in [0.5, 0.6) is 0 Å². The van der Waals surface area contributed by atoms with Gasteiger partial charge in [0.2, 0.25) is 0 Å². The molecule has 6 heteroatoms. The van der Waals surface area contributed by atoms with Gasteiger partial charge < -0.3 is 14.9 Å². The number of fused-ring (bicyclic) bond motifs is 1. The monoisotopic (exact) mass is 289 g/mol. The first-order valence-corrected chi connectivity index (χ1v) is 6.81. The maximum atomic E-state index is 13.8. The van der Waals surface area contributed by atoms with Crippen LogP contribution in [0.25, 0.3) is 10.9 Å². The maximum absolute atomic E-state index is 13.8. The summed E-state index contributed by atoms with van der Waals surface area (Å²) in [6.45, 7) is 0.944. The van der Waals surface area contributed by atoms with Crippen LogP contribution in [0.2, 0.25) is 0 Å². The molecule has 1 aromatic heterocycles. The second-order valence-corrected chi connectivity index (χ2v) is 5.28. The Morgan fingerprint density at radius 2 is 2.33 bits per heavy atom. The van der Waals surface area contributed by atoms with E-state index in [4.69, 9.17) is 5.11 Å². The first-order chi connectivity index (χ1) is 10.1. The van der Waals surface area contributed by atoms with Gasteiger partial charge in [0.25, 0.3) is 0 Å². The van der Waals surface area contributed by atoms with Crippen LogP contribution in [0.3, 0.4) is 0 Å². The summed E-state index contributed by atoms with van der Waals surface area (Å²) in [5, 5.41) is 9.91. The van der Waals surface area contributed by atoms with Crippen molar-refractivity contribution in [3.63, 3.8) is 0 Å². The third kappa shape index (κ3) is 2.49. The standard InChI is InChI=1S/C15H16FN3O2/c1-18(11-4-6-19(9-11)15(20)21)14-8-10(16)7-13-12(14)3-2-5-17-13/h2-3,5,7-8,11H,4,6,9H2,1H3,(H,20,21). The number of likely N-dealkylation sites (tertiary alicyclic amines) is 1. The molecule has 3 rings (SSSR count). The van der Waals surface area contributed by atoms with Gasteiger partial charge in [0.05, 0.1) is 5.52 Å². The van der Waals surface area contributed by atoms with Gasteiger partial charge >= 0.3 is 6.09 Å². The van der Waals surface area contributed by atoms with Crippen molar-refractivity contribution in [3.8, 4) is 0 Å². The lowest BCUT2D eigenvalue weighted by Crippen LogP contribution is -2.36. The summed E-state index contributed by atoms with van der Waals surface area (Å²) >= 11 is 0. The quantitative estimate of drug-likeness (QED) is 0.923. The second kappa shape index (κ2) is 5.20. The number of hydrogen-bond acceptors (Lipinski definition) is 3. The molecule has 5 nitrogen and oxygen atoms in total. The minimum Gasteiger partial charge on any atom is -0.465 e. The minimum atomic E-state index is -0.906. The van der Waals surface area contributed by atoms with E-state index in [9.17, 15) is 9.18 Å². The summed E-state index contributed by atoms with van der Waals surface area (Å²) in [6, 6.07) is 6.65. The normalized spacial score (nSPS) is 18.2. The molecule has 110 valence electrons. The van der Waals surface area contributed by atoms with Crippen molar-refractivity contribution in [1.82, 2.24) is 9.88 Å². The average molecular weight is 289 g/mol. The fourth-order valence-corrected chi connectivity index (χ4v) is 2.85. The number of amides is 1. The lowest BCUT2D eigenvalue weighted by Gasteiger charge is -2.27. The number of carbonyl (C=O) groups is 1. The molecule has 2 aromatic rings. The third-order valence-electron chi connectivity index (χ3n) is 4.03. The van der Waals surface area contributed by atoms with Gasteiger partial charge in [-0.2, -0.15) is 0 Å². The van der Waals surface area contributed by atoms with E-state index in [-0.39, 0.29) is 11.9 Å². The van der Waals surface area contributed by atoms with E-state index in [1.54, 1.807) is 6.20 Å². The van der Waals surface area contributed by atoms with Crippen LogP contribution in [0, 0.1) is 5.82 Å². The van der Waals surface area contributed by atoms with Crippen LogP contribution in [0.1, 0.15) is 6.42 Å². The molecule has 1 aromatic carbocycles. The van der Waals surface area contributed by atoms with Crippen LogP contribution in [0.4, 0.5) is 14.9 Å². The van der Waals surface area contributed by atoms with Crippen molar-refractivity contribution in [2.24, 2.45) is 0 Å². The minimum absolute atomic E-state index is 0.0475. The van der Waals surface area contributed by atoms with Crippen molar-refractivity contribution >= 4 is 22.7 Å². The van der Waals surface area contributed by atoms with Crippen LogP contribution in [0.15, 0.2) is 30.5 Å². The molecule has 21 heavy (non-hydrogen) atoms. The van der Waals surface area contributed by atoms with Crippen molar-refractivity contribution in [1.29, 1.82) is 0 Å². The maximum Gasteiger partial charge on any atom is 0.407 e. The molecule has 1 unspecified atom stereocenters. The number of carboxylic acid groups (broad SMARTS) is 1. The summed E-state index contributed by atoms with van der Waals surface area (Å²) in [4.78, 5) is 18.5. The first kappa shape index (κ1) is 13.6. The average Bonchev–Trinajstić information content (AvgIpc) is 2.95. The van der Waals surface area contributed by atoms with E-state index in [1.165, 1.54) is 17.0 Å². The molecular formula is C15H16FN3O2. The van der Waals surface area contributed by atoms with E-state index < -0.39 is 6.09 Å². The molecule has 1 aliphatic heterocycles. The number of hydrogen-bond donors (Lipinski definition) is 1. The SMILES string of the molecule is CN(c1cc(F)cc2ncccc12)C1CCN(C(=O)O)C1. The number of anilines is 1. The summed E-state index contributed by atoms with van der Waals surface area (Å²) < 4.78 is 13.8. The number of pyridine rings is 1. The number of aromatic nitrogens is 1. The number of likely N-dealkylation sites (N-methyl/N-ethyl adjacent to an activating group) is 1. The van der Waals surface area contributed by atoms with E-state index >= 15 is 0 Å². The predicted molar refractivity (Wildman–Crippen MR) is 78.1 cm³/mol. The van der Waals surface area contributed by atoms with E-state index in [0.29, 0.717) is 18.6 Å². The Hall–Kier alpha value is -2.37. The fraction of sp³-hybridized carbons (Fsp3) is 0.333. The highest BCUT2D eigenvalue weighted by Gasteiger charge is 2.29. The van der Waals surface area contributed by atoms with Gasteiger partial charge in [0.1, 0.15) is 5.82 Å². The van der Waals surface area contributed by atoms with Crippen molar-refractivity contribution < 1.29 is 14.3 Å². The van der Waals surface area contributed by atoms with Gasteiger partial charge in [-0.1, -0.05) is 0 Å². The van der Waals surface area contributed by atoms with Gasteiger partial charge in [-0.25, -0.2) is 9.18 Å². The summed E-state index contributed by atoms with van der Waals surface area (Å²) in [5.74, 6) is -0.337. The predicted octanol–water partition coefficient (Wildman–Crippen LogP) is 2.56. The largest absolute Gasteiger partial charge is 0.465 e. The molecule has 2 heterocycles. The molecular weight excluding hydrogens is 273 g/mol. The molecule has 0 radical (unpaired) electrons. The lowest BCUT2D eigenvalue weighted by molar-refractivity contribution is 0.155. The van der Waals surface area contributed by atoms with E-state index in [0.717, 1.165) is 17.5 Å². The number of nitrogens with zero attached hydrogens (tertiary/aromatic N) is 3. The Morgan fingerprint density at radius 1 is 1.52 bits per heavy atom. The van der Waals surface area contributed by atoms with Crippen LogP contribution in [-0.4, -0.2) is 47.3 Å². The number of rotatable bonds is 2. The van der Waals surface area contributed by atoms with Gasteiger partial charge in [-0.05, 0) is 24.6 Å². The number of benzene rings is 1. The van der Waals surface area contributed by atoms with Crippen LogP contribution < -0.4 is 4.90 Å². The van der Waals surface area contributed by atoms with Gasteiger partial charge in [0, 0.05) is 49.5 Å². The summed E-state index contributed by atoms with van der Waals surface area (Å²) in [7, 11) is 1.87. The molecule has 0 bridgehead atoms. The zero-order valence-corrected chi connectivity index (χ0v) is 11.7. The zero-order valence-electron chi connectivity index (χ0n) is 11.7. The molecule has 0 spiro atoms. The molecule has 1 amide bonds. The second-order valence-electron chi connectivity index (χ2n) is 5.28. The van der Waals surface area contributed by atoms with Crippen molar-refractivity contribution in [3.05, 3.63) is 36.3 Å². The van der Waals surface area contributed by atoms with E-state index in [1.807, 2.05) is 24.1 Å². The zero-order chi connectivity index (χ0) is 15.0. The first-order valence-electron chi connectivity index (χ1n) is 6.81. The lowest BCUT2D eigenvalue weighted by atomic mass is 10.1. The smallest absolute Gasteiger partial charge is 0.407 e. The van der Waals surface area contributed by atoms with Crippen LogP contribution >= 0.6 is 0 Å². The highest BCUT2D eigenvalue weighted by atomic mass is 19.1. The molecule has 0 aliphatic carbocycles. The third-order valence-corrected chi connectivity index (χ3v) is 4.03. The van der Waals surface area contributed by atoms with E-state index in [2.05, 4.69) is 4.98 Å². The number of halogens is 1. The molecule has 1 atom stereocenters. The van der Waals surface area contributed by atoms with Crippen LogP contribution in [-0.2, 0) is 0 Å². The van der Waals surface area contributed by atoms with Crippen molar-refractivity contribution in [2.45, 2.75) is 12.5 Å². The Labute approximate surface area is 121 Å². The Balaban J connectivity index is 1.95. The molecule has 0 saturated carbocycles. The Morgan fingerprint density at radius 3 is 3.05 bits per heavy atom. The topological polar surface area (TPSA) is 56.7 Å². The summed E-state index contributed by atoms with van der Waals surface area (Å²) in [5.41, 5.74) is 1.35. The Kier molecular flexibility index (Phi) is 3.37. The van der Waals surface area contributed by atoms with Gasteiger partial charge in [0.15, 0.2) is 0 Å². The highest BCUT2D eigenvalue weighted by molar-refractivity contribution is 5.91. The molecule has 1 fully saturated rings. The highest BCUT2D eigenvalue weighted by Crippen LogP contribution is 2.29. The molecule has 1 aliphatic rings. The van der Waals surface area contributed by atoms with Gasteiger partial charge in [-0.3, -0.25) is 4.98 Å².